The van der Waals surface area contributed by atoms with Gasteiger partial charge in [0.25, 0.3) is 0 Å². The molecule has 1 amide bonds. The first-order valence-electron chi connectivity index (χ1n) is 9.20. The van der Waals surface area contributed by atoms with E-state index in [2.05, 4.69) is 11.4 Å². The summed E-state index contributed by atoms with van der Waals surface area (Å²) >= 11 is 1.54. The van der Waals surface area contributed by atoms with Gasteiger partial charge in [0.15, 0.2) is 0 Å². The Morgan fingerprint density at radius 2 is 2.18 bits per heavy atom. The molecule has 3 rings (SSSR count). The third-order valence-electron chi connectivity index (χ3n) is 4.41. The van der Waals surface area contributed by atoms with Crippen molar-refractivity contribution in [2.24, 2.45) is 0 Å². The Morgan fingerprint density at radius 3 is 2.86 bits per heavy atom. The van der Waals surface area contributed by atoms with E-state index in [1.165, 1.54) is 0 Å². The third kappa shape index (κ3) is 4.57. The van der Waals surface area contributed by atoms with Gasteiger partial charge in [-0.25, -0.2) is 4.79 Å². The summed E-state index contributed by atoms with van der Waals surface area (Å²) in [6, 6.07) is 10.2. The molecule has 6 nitrogen and oxygen atoms in total. The summed E-state index contributed by atoms with van der Waals surface area (Å²) in [6.45, 7) is 7.22. The fourth-order valence-electron chi connectivity index (χ4n) is 3.09. The lowest BCUT2D eigenvalue weighted by atomic mass is 10.0. The molecule has 1 N–H and O–H groups in total. The minimum atomic E-state index is -0.520. The van der Waals surface area contributed by atoms with Gasteiger partial charge in [-0.3, -0.25) is 0 Å². The minimum absolute atomic E-state index is 0.309. The molecule has 0 bridgehead atoms. The van der Waals surface area contributed by atoms with Crippen molar-refractivity contribution in [2.75, 3.05) is 19.0 Å². The summed E-state index contributed by atoms with van der Waals surface area (Å²) in [6.07, 6.45) is 0.352. The lowest BCUT2D eigenvalue weighted by molar-refractivity contribution is 0.0226. The zero-order valence-electron chi connectivity index (χ0n) is 16.7. The second-order valence-corrected chi connectivity index (χ2v) is 8.78. The molecule has 0 radical (unpaired) electrons. The van der Waals surface area contributed by atoms with Gasteiger partial charge in [-0.2, -0.15) is 5.26 Å². The molecule has 2 aromatic rings. The number of carbonyl (C=O) groups excluding carboxylic acids is 1. The highest BCUT2D eigenvalue weighted by Gasteiger charge is 2.29. The predicted molar refractivity (Wildman–Crippen MR) is 110 cm³/mol. The molecule has 0 aliphatic carbocycles. The zero-order valence-corrected chi connectivity index (χ0v) is 17.5. The molecule has 0 saturated carbocycles. The van der Waals surface area contributed by atoms with Crippen LogP contribution >= 0.6 is 11.3 Å². The monoisotopic (exact) mass is 399 g/mol. The number of hydrogen-bond acceptors (Lipinski definition) is 6. The van der Waals surface area contributed by atoms with E-state index in [0.717, 1.165) is 26.8 Å². The molecule has 0 atom stereocenters. The molecule has 2 heterocycles. The Balaban J connectivity index is 1.74. The number of rotatable bonds is 4. The van der Waals surface area contributed by atoms with Gasteiger partial charge in [0.2, 0.25) is 0 Å². The van der Waals surface area contributed by atoms with Gasteiger partial charge in [0, 0.05) is 18.0 Å². The number of ether oxygens (including phenoxy) is 2. The van der Waals surface area contributed by atoms with Crippen molar-refractivity contribution in [3.63, 3.8) is 0 Å². The second-order valence-electron chi connectivity index (χ2n) is 7.68. The van der Waals surface area contributed by atoms with E-state index in [-0.39, 0.29) is 6.09 Å². The number of carbonyl (C=O) groups is 1. The number of benzene rings is 1. The Kier molecular flexibility index (Phi) is 5.80. The Labute approximate surface area is 169 Å². The van der Waals surface area contributed by atoms with Gasteiger partial charge in [0.05, 0.1) is 19.2 Å². The van der Waals surface area contributed by atoms with Crippen LogP contribution in [-0.2, 0) is 24.2 Å². The summed E-state index contributed by atoms with van der Waals surface area (Å²) in [5.74, 6) is 0.804. The van der Waals surface area contributed by atoms with Gasteiger partial charge < -0.3 is 19.7 Å². The highest BCUT2D eigenvalue weighted by atomic mass is 32.1. The van der Waals surface area contributed by atoms with E-state index in [1.54, 1.807) is 23.3 Å². The topological polar surface area (TPSA) is 74.6 Å². The molecular weight excluding hydrogens is 374 g/mol. The fourth-order valence-corrected chi connectivity index (χ4v) is 4.30. The largest absolute Gasteiger partial charge is 0.497 e. The minimum Gasteiger partial charge on any atom is -0.497 e. The highest BCUT2D eigenvalue weighted by molar-refractivity contribution is 7.16. The van der Waals surface area contributed by atoms with E-state index in [9.17, 15) is 10.1 Å². The number of methoxy groups -OCH3 is 1. The molecule has 0 spiro atoms. The van der Waals surface area contributed by atoms with E-state index < -0.39 is 5.60 Å². The van der Waals surface area contributed by atoms with Gasteiger partial charge in [-0.1, -0.05) is 12.1 Å². The first kappa shape index (κ1) is 20.0. The van der Waals surface area contributed by atoms with Crippen LogP contribution in [0, 0.1) is 11.3 Å². The molecule has 7 heteroatoms. The number of nitrogens with one attached hydrogen (secondary N) is 1. The molecular formula is C21H25N3O3S. The van der Waals surface area contributed by atoms with Crippen molar-refractivity contribution < 1.29 is 14.3 Å². The van der Waals surface area contributed by atoms with Crippen molar-refractivity contribution in [2.45, 2.75) is 45.9 Å². The van der Waals surface area contributed by atoms with Crippen LogP contribution in [0.5, 0.6) is 5.75 Å². The first-order chi connectivity index (χ1) is 13.3. The molecule has 0 unspecified atom stereocenters. The van der Waals surface area contributed by atoms with Crippen molar-refractivity contribution in [3.05, 3.63) is 45.8 Å². The fraction of sp³-hybridized carbons (Fsp3) is 0.429. The summed E-state index contributed by atoms with van der Waals surface area (Å²) in [7, 11) is 1.64. The lowest BCUT2D eigenvalue weighted by Crippen LogP contribution is -2.39. The maximum Gasteiger partial charge on any atom is 0.410 e. The average Bonchev–Trinajstić information content (AvgIpc) is 3.01. The Hall–Kier alpha value is -2.72. The second kappa shape index (κ2) is 8.11. The third-order valence-corrected chi connectivity index (χ3v) is 5.58. The smallest absolute Gasteiger partial charge is 0.410 e. The SMILES string of the molecule is COc1cccc(CNc2sc3c(c2C#N)CCN(C(=O)OC(C)(C)C)C3)c1. The molecule has 1 aliphatic rings. The van der Waals surface area contributed by atoms with Crippen LogP contribution < -0.4 is 10.1 Å². The van der Waals surface area contributed by atoms with Gasteiger partial charge >= 0.3 is 6.09 Å². The maximum atomic E-state index is 12.4. The van der Waals surface area contributed by atoms with E-state index >= 15 is 0 Å². The summed E-state index contributed by atoms with van der Waals surface area (Å²) < 4.78 is 10.7. The van der Waals surface area contributed by atoms with Crippen LogP contribution in [0.15, 0.2) is 24.3 Å². The maximum absolute atomic E-state index is 12.4. The summed E-state index contributed by atoms with van der Waals surface area (Å²) in [4.78, 5) is 15.1. The van der Waals surface area contributed by atoms with Crippen molar-refractivity contribution in [1.29, 1.82) is 5.26 Å². The Morgan fingerprint density at radius 1 is 1.39 bits per heavy atom. The number of nitriles is 1. The van der Waals surface area contributed by atoms with Crippen molar-refractivity contribution in [1.82, 2.24) is 4.90 Å². The van der Waals surface area contributed by atoms with Crippen LogP contribution in [0.1, 0.15) is 42.3 Å². The number of hydrogen-bond donors (Lipinski definition) is 1. The zero-order chi connectivity index (χ0) is 20.3. The quantitative estimate of drug-likeness (QED) is 0.817. The van der Waals surface area contributed by atoms with Crippen molar-refractivity contribution in [3.8, 4) is 11.8 Å². The predicted octanol–water partition coefficient (Wildman–Crippen LogP) is 4.53. The summed E-state index contributed by atoms with van der Waals surface area (Å²) in [5, 5.41) is 13.9. The van der Waals surface area contributed by atoms with E-state index in [0.29, 0.717) is 31.6 Å². The Bertz CT molecular complexity index is 909. The highest BCUT2D eigenvalue weighted by Crippen LogP contribution is 2.37. The molecule has 1 aliphatic heterocycles. The van der Waals surface area contributed by atoms with Crippen LogP contribution in [0.2, 0.25) is 0 Å². The van der Waals surface area contributed by atoms with E-state index in [1.807, 2.05) is 45.0 Å². The number of anilines is 1. The summed E-state index contributed by atoms with van der Waals surface area (Å²) in [5.41, 5.74) is 2.28. The van der Waals surface area contributed by atoms with Gasteiger partial charge in [-0.05, 0) is 50.5 Å². The van der Waals surface area contributed by atoms with Gasteiger partial charge in [-0.15, -0.1) is 11.3 Å². The standard InChI is InChI=1S/C21H25N3O3S/c1-21(2,3)27-20(25)24-9-8-16-17(11-22)19(28-18(16)13-24)23-12-14-6-5-7-15(10-14)26-4/h5-7,10,23H,8-9,12-13H2,1-4H3. The molecule has 1 aromatic heterocycles. The number of fused-ring (bicyclic) bond motifs is 1. The number of nitrogens with zero attached hydrogens (tertiary/aromatic N) is 2. The number of thiophene rings is 1. The normalized spacial score (nSPS) is 13.5. The first-order valence-corrected chi connectivity index (χ1v) is 10.0. The van der Waals surface area contributed by atoms with Crippen LogP contribution in [0.4, 0.5) is 9.80 Å². The van der Waals surface area contributed by atoms with Crippen molar-refractivity contribution >= 4 is 22.4 Å². The van der Waals surface area contributed by atoms with E-state index in [4.69, 9.17) is 9.47 Å². The van der Waals surface area contributed by atoms with Crippen LogP contribution in [-0.4, -0.2) is 30.2 Å². The molecule has 0 saturated heterocycles. The molecule has 0 fully saturated rings. The number of amides is 1. The molecule has 28 heavy (non-hydrogen) atoms. The molecule has 148 valence electrons. The van der Waals surface area contributed by atoms with Crippen LogP contribution in [0.25, 0.3) is 0 Å². The average molecular weight is 400 g/mol. The molecule has 1 aromatic carbocycles. The van der Waals surface area contributed by atoms with Crippen LogP contribution in [0.3, 0.4) is 0 Å². The van der Waals surface area contributed by atoms with Gasteiger partial charge in [0.1, 0.15) is 22.4 Å². The lowest BCUT2D eigenvalue weighted by Gasteiger charge is -2.29.